The zero-order chi connectivity index (χ0) is 23.0. The van der Waals surface area contributed by atoms with Crippen molar-refractivity contribution in [1.82, 2.24) is 4.57 Å². The number of fused-ring (bicyclic) bond motifs is 1. The van der Waals surface area contributed by atoms with Crippen molar-refractivity contribution < 1.29 is 24.2 Å². The Hall–Kier alpha value is -4.20. The third-order valence-electron chi connectivity index (χ3n) is 5.45. The number of hydrazone groups is 1. The largest absolute Gasteiger partial charge is 0.478 e. The zero-order valence-corrected chi connectivity index (χ0v) is 17.8. The summed E-state index contributed by atoms with van der Waals surface area (Å²) in [4.78, 5) is 36.3. The summed E-state index contributed by atoms with van der Waals surface area (Å²) in [5.74, 6) is -1.72. The van der Waals surface area contributed by atoms with Gasteiger partial charge in [0, 0.05) is 22.7 Å². The summed E-state index contributed by atoms with van der Waals surface area (Å²) in [6, 6.07) is 13.0. The van der Waals surface area contributed by atoms with Crippen LogP contribution in [0.3, 0.4) is 0 Å². The maximum absolute atomic E-state index is 13.1. The van der Waals surface area contributed by atoms with Gasteiger partial charge in [0.1, 0.15) is 6.04 Å². The number of rotatable bonds is 5. The van der Waals surface area contributed by atoms with E-state index in [2.05, 4.69) is 5.10 Å². The van der Waals surface area contributed by atoms with Crippen molar-refractivity contribution in [3.63, 3.8) is 0 Å². The lowest BCUT2D eigenvalue weighted by Crippen LogP contribution is -2.21. The Balaban J connectivity index is 1.73. The number of benzene rings is 2. The van der Waals surface area contributed by atoms with Crippen LogP contribution in [0.1, 0.15) is 35.8 Å². The van der Waals surface area contributed by atoms with E-state index in [-0.39, 0.29) is 17.4 Å². The molecule has 1 aliphatic heterocycles. The Kier molecular flexibility index (Phi) is 5.36. The molecule has 1 aliphatic rings. The molecule has 3 aromatic rings. The van der Waals surface area contributed by atoms with Gasteiger partial charge in [0.25, 0.3) is 5.91 Å². The summed E-state index contributed by atoms with van der Waals surface area (Å²) >= 11 is 0. The van der Waals surface area contributed by atoms with Crippen molar-refractivity contribution in [1.29, 1.82) is 0 Å². The minimum atomic E-state index is -1.04. The molecule has 4 rings (SSSR count). The molecule has 0 spiro atoms. The maximum atomic E-state index is 13.1. The molecule has 1 aromatic heterocycles. The van der Waals surface area contributed by atoms with Crippen molar-refractivity contribution >= 4 is 46.2 Å². The van der Waals surface area contributed by atoms with Gasteiger partial charge in [0.15, 0.2) is 0 Å². The second kappa shape index (κ2) is 8.14. The van der Waals surface area contributed by atoms with E-state index in [0.717, 1.165) is 16.5 Å². The number of nitrogens with zero attached hydrogens (tertiary/aromatic N) is 3. The first-order chi connectivity index (χ1) is 15.3. The van der Waals surface area contributed by atoms with Gasteiger partial charge in [-0.2, -0.15) is 10.1 Å². The van der Waals surface area contributed by atoms with Crippen LogP contribution >= 0.6 is 0 Å². The first kappa shape index (κ1) is 21.0. The summed E-state index contributed by atoms with van der Waals surface area (Å²) in [5.41, 5.74) is 3.18. The number of hydrogen-bond acceptors (Lipinski definition) is 5. The number of amides is 1. The van der Waals surface area contributed by atoms with Gasteiger partial charge in [-0.25, -0.2) is 9.59 Å². The Morgan fingerprint density at radius 3 is 2.47 bits per heavy atom. The normalized spacial score (nSPS) is 15.8. The van der Waals surface area contributed by atoms with E-state index in [1.54, 1.807) is 32.1 Å². The van der Waals surface area contributed by atoms with E-state index in [1.165, 1.54) is 24.3 Å². The fourth-order valence-corrected chi connectivity index (χ4v) is 3.71. The van der Waals surface area contributed by atoms with Gasteiger partial charge in [-0.3, -0.25) is 4.79 Å². The average Bonchev–Trinajstić information content (AvgIpc) is 3.31. The van der Waals surface area contributed by atoms with Crippen molar-refractivity contribution in [2.24, 2.45) is 5.10 Å². The smallest absolute Gasteiger partial charge is 0.335 e. The number of anilines is 1. The molecule has 0 saturated carbocycles. The number of esters is 1. The molecule has 162 valence electrons. The number of para-hydroxylation sites is 1. The predicted molar refractivity (Wildman–Crippen MR) is 121 cm³/mol. The first-order valence-electron chi connectivity index (χ1n) is 9.94. The second-order valence-corrected chi connectivity index (χ2v) is 7.42. The number of ether oxygens (including phenoxy) is 1. The van der Waals surface area contributed by atoms with Gasteiger partial charge in [-0.15, -0.1) is 0 Å². The maximum Gasteiger partial charge on any atom is 0.335 e. The molecule has 1 unspecified atom stereocenters. The Labute approximate surface area is 184 Å². The number of methoxy groups -OCH3 is 1. The minimum absolute atomic E-state index is 0.129. The molecular weight excluding hydrogens is 410 g/mol. The van der Waals surface area contributed by atoms with Crippen LogP contribution < -0.4 is 5.01 Å². The summed E-state index contributed by atoms with van der Waals surface area (Å²) in [6.45, 7) is 3.50. The Bertz CT molecular complexity index is 1300. The van der Waals surface area contributed by atoms with Crippen LogP contribution in [0.4, 0.5) is 5.69 Å². The molecule has 0 aliphatic carbocycles. The second-order valence-electron chi connectivity index (χ2n) is 7.42. The van der Waals surface area contributed by atoms with Gasteiger partial charge < -0.3 is 14.4 Å². The number of carboxylic acids is 1. The van der Waals surface area contributed by atoms with E-state index >= 15 is 0 Å². The fraction of sp³-hybridized carbons (Fsp3) is 0.167. The molecule has 1 amide bonds. The highest BCUT2D eigenvalue weighted by Crippen LogP contribution is 2.30. The molecule has 32 heavy (non-hydrogen) atoms. The zero-order valence-electron chi connectivity index (χ0n) is 17.8. The molecule has 0 bridgehead atoms. The van der Waals surface area contributed by atoms with Crippen molar-refractivity contribution in [2.75, 3.05) is 12.1 Å². The third-order valence-corrected chi connectivity index (χ3v) is 5.45. The van der Waals surface area contributed by atoms with Crippen molar-refractivity contribution in [3.8, 4) is 0 Å². The lowest BCUT2D eigenvalue weighted by Gasteiger charge is -2.12. The number of aromatic nitrogens is 1. The van der Waals surface area contributed by atoms with Crippen LogP contribution in [0.15, 0.2) is 65.4 Å². The lowest BCUT2D eigenvalue weighted by atomic mass is 10.1. The first-order valence-corrected chi connectivity index (χ1v) is 9.94. The summed E-state index contributed by atoms with van der Waals surface area (Å²) in [5, 5.41) is 15.6. The molecule has 0 saturated heterocycles. The monoisotopic (exact) mass is 431 g/mol. The highest BCUT2D eigenvalue weighted by Gasteiger charge is 2.29. The Morgan fingerprint density at radius 2 is 1.81 bits per heavy atom. The van der Waals surface area contributed by atoms with Crippen LogP contribution in [0.2, 0.25) is 0 Å². The predicted octanol–water partition coefficient (Wildman–Crippen LogP) is 3.88. The third kappa shape index (κ3) is 3.56. The highest BCUT2D eigenvalue weighted by atomic mass is 16.5. The van der Waals surface area contributed by atoms with Crippen LogP contribution in [-0.4, -0.2) is 40.3 Å². The lowest BCUT2D eigenvalue weighted by molar-refractivity contribution is -0.143. The number of hydrogen-bond donors (Lipinski definition) is 1. The summed E-state index contributed by atoms with van der Waals surface area (Å²) in [7, 11) is 1.35. The minimum Gasteiger partial charge on any atom is -0.478 e. The van der Waals surface area contributed by atoms with Crippen molar-refractivity contribution in [2.45, 2.75) is 19.9 Å². The Morgan fingerprint density at radius 1 is 1.12 bits per heavy atom. The number of carbonyl (C=O) groups excluding carboxylic acids is 2. The molecule has 8 heteroatoms. The molecule has 1 N–H and O–H groups in total. The molecule has 2 aromatic carbocycles. The SMILES string of the molecule is COC(=O)C(C)n1cc(C=C2C(=O)N(c3ccc(C(=O)O)cc3)N=C2C)c2ccccc21. The van der Waals surface area contributed by atoms with Gasteiger partial charge in [0.05, 0.1) is 29.6 Å². The molecule has 8 nitrogen and oxygen atoms in total. The molecule has 0 fully saturated rings. The van der Waals surface area contributed by atoms with Crippen LogP contribution in [0.25, 0.3) is 17.0 Å². The van der Waals surface area contributed by atoms with E-state index in [0.29, 0.717) is 17.0 Å². The van der Waals surface area contributed by atoms with E-state index in [4.69, 9.17) is 9.84 Å². The van der Waals surface area contributed by atoms with Crippen LogP contribution in [0.5, 0.6) is 0 Å². The topological polar surface area (TPSA) is 101 Å². The van der Waals surface area contributed by atoms with Crippen molar-refractivity contribution in [3.05, 3.63) is 71.4 Å². The number of carbonyl (C=O) groups is 3. The molecule has 1 atom stereocenters. The van der Waals surface area contributed by atoms with Gasteiger partial charge >= 0.3 is 11.9 Å². The van der Waals surface area contributed by atoms with E-state index in [9.17, 15) is 14.4 Å². The summed E-state index contributed by atoms with van der Waals surface area (Å²) < 4.78 is 6.71. The van der Waals surface area contributed by atoms with Gasteiger partial charge in [-0.1, -0.05) is 18.2 Å². The number of aromatic carboxylic acids is 1. The fourth-order valence-electron chi connectivity index (χ4n) is 3.71. The standard InChI is InChI=1S/C24H21N3O5/c1-14-20(22(28)27(25-14)18-10-8-16(9-11-18)23(29)30)12-17-13-26(15(2)24(31)32-3)21-7-5-4-6-19(17)21/h4-13,15H,1-3H3,(H,29,30). The molecular formula is C24H21N3O5. The van der Waals surface area contributed by atoms with Crippen LogP contribution in [-0.2, 0) is 14.3 Å². The summed E-state index contributed by atoms with van der Waals surface area (Å²) in [6.07, 6.45) is 3.58. The van der Waals surface area contributed by atoms with Crippen LogP contribution in [0, 0.1) is 0 Å². The van der Waals surface area contributed by atoms with Gasteiger partial charge in [-0.05, 0) is 50.3 Å². The molecule has 0 radical (unpaired) electrons. The van der Waals surface area contributed by atoms with Gasteiger partial charge in [0.2, 0.25) is 0 Å². The van der Waals surface area contributed by atoms with E-state index in [1.807, 2.05) is 35.0 Å². The quantitative estimate of drug-likeness (QED) is 0.488. The average molecular weight is 431 g/mol. The molecule has 2 heterocycles. The highest BCUT2D eigenvalue weighted by molar-refractivity contribution is 6.32. The number of carboxylic acid groups (broad SMARTS) is 1. The van der Waals surface area contributed by atoms with E-state index < -0.39 is 12.0 Å².